The largest absolute Gasteiger partial charge is 0.444 e. The van der Waals surface area contributed by atoms with Crippen LogP contribution in [0.5, 0.6) is 0 Å². The Morgan fingerprint density at radius 1 is 1.20 bits per heavy atom. The number of imidazole rings is 1. The first-order valence-corrected chi connectivity index (χ1v) is 9.98. The van der Waals surface area contributed by atoms with Gasteiger partial charge in [-0.1, -0.05) is 0 Å². The molecule has 30 heavy (non-hydrogen) atoms. The molecule has 3 N–H and O–H groups in total. The zero-order chi connectivity index (χ0) is 22.1. The maximum atomic E-state index is 12.3. The van der Waals surface area contributed by atoms with Gasteiger partial charge in [-0.05, 0) is 33.6 Å². The number of rotatable bonds is 4. The van der Waals surface area contributed by atoms with E-state index in [1.807, 2.05) is 20.8 Å². The van der Waals surface area contributed by atoms with Gasteiger partial charge in [-0.15, -0.1) is 0 Å². The van der Waals surface area contributed by atoms with Crippen molar-refractivity contribution in [3.8, 4) is 0 Å². The Kier molecular flexibility index (Phi) is 5.99. The zero-order valence-electron chi connectivity index (χ0n) is 17.7. The van der Waals surface area contributed by atoms with Crippen LogP contribution < -0.4 is 16.6 Å². The number of fused-ring (bicyclic) bond motifs is 1. The maximum Gasteiger partial charge on any atom is 0.410 e. The molecule has 2 aromatic rings. The van der Waals surface area contributed by atoms with Crippen molar-refractivity contribution in [2.24, 2.45) is 7.05 Å². The number of piperidine rings is 1. The summed E-state index contributed by atoms with van der Waals surface area (Å²) in [5.74, 6) is 0.334. The molecule has 0 aliphatic carbocycles. The van der Waals surface area contributed by atoms with Gasteiger partial charge in [-0.2, -0.15) is 0 Å². The average Bonchev–Trinajstić information content (AvgIpc) is 3.09. The third-order valence-corrected chi connectivity index (χ3v) is 4.90. The van der Waals surface area contributed by atoms with Crippen molar-refractivity contribution in [1.29, 1.82) is 0 Å². The van der Waals surface area contributed by atoms with Gasteiger partial charge in [0.15, 0.2) is 5.65 Å². The molecule has 0 unspecified atom stereocenters. The molecule has 0 radical (unpaired) electrons. The van der Waals surface area contributed by atoms with Gasteiger partial charge in [0.05, 0.1) is 0 Å². The van der Waals surface area contributed by atoms with E-state index in [1.54, 1.807) is 4.90 Å². The summed E-state index contributed by atoms with van der Waals surface area (Å²) in [6.07, 6.45) is 1.49. The van der Waals surface area contributed by atoms with Crippen molar-refractivity contribution in [2.75, 3.05) is 13.1 Å². The number of nitrogens with zero attached hydrogens (tertiary/aromatic N) is 3. The van der Waals surface area contributed by atoms with E-state index in [0.717, 1.165) is 0 Å². The van der Waals surface area contributed by atoms with Gasteiger partial charge in [-0.3, -0.25) is 19.1 Å². The Balaban J connectivity index is 1.49. The highest BCUT2D eigenvalue weighted by atomic mass is 16.6. The molecule has 1 aliphatic rings. The van der Waals surface area contributed by atoms with Crippen molar-refractivity contribution in [1.82, 2.24) is 29.7 Å². The number of nitrogens with one attached hydrogen (secondary N) is 3. The van der Waals surface area contributed by atoms with Crippen LogP contribution in [0.4, 0.5) is 4.79 Å². The lowest BCUT2D eigenvalue weighted by Gasteiger charge is -2.33. The number of H-pyrrole nitrogens is 2. The molecule has 164 valence electrons. The minimum absolute atomic E-state index is 0.00414. The minimum atomic E-state index is -0.541. The fourth-order valence-electron chi connectivity index (χ4n) is 3.34. The highest BCUT2D eigenvalue weighted by Gasteiger charge is 2.27. The SMILES string of the molecule is Cn1c(=O)[nH]c(=O)c2[nH]c(CCC(=O)NC3CCN(C(=O)OC(C)(C)C)CC3)nc21. The summed E-state index contributed by atoms with van der Waals surface area (Å²) in [6.45, 7) is 6.54. The number of likely N-dealkylation sites (tertiary alicyclic amines) is 1. The van der Waals surface area contributed by atoms with Crippen LogP contribution in [-0.4, -0.2) is 61.2 Å². The number of carbonyl (C=O) groups excluding carboxylic acids is 2. The Morgan fingerprint density at radius 3 is 2.50 bits per heavy atom. The van der Waals surface area contributed by atoms with Crippen LogP contribution in [0.3, 0.4) is 0 Å². The topological polar surface area (TPSA) is 142 Å². The molecule has 11 nitrogen and oxygen atoms in total. The van der Waals surface area contributed by atoms with Crippen LogP contribution in [0, 0.1) is 0 Å². The predicted octanol–water partition coefficient (Wildman–Crippen LogP) is 0.398. The Labute approximate surface area is 172 Å². The third-order valence-electron chi connectivity index (χ3n) is 4.90. The molecule has 0 aromatic carbocycles. The Hall–Kier alpha value is -3.11. The lowest BCUT2D eigenvalue weighted by Crippen LogP contribution is -2.47. The number of ether oxygens (including phenoxy) is 1. The number of aryl methyl sites for hydroxylation is 2. The molecule has 3 rings (SSSR count). The van der Waals surface area contributed by atoms with Gasteiger partial charge in [0, 0.05) is 39.0 Å². The summed E-state index contributed by atoms with van der Waals surface area (Å²) in [5.41, 5.74) is -1.14. The first kappa shape index (κ1) is 21.6. The summed E-state index contributed by atoms with van der Waals surface area (Å²) < 4.78 is 6.62. The number of hydrogen-bond donors (Lipinski definition) is 3. The molecule has 11 heteroatoms. The Morgan fingerprint density at radius 2 is 1.87 bits per heavy atom. The van der Waals surface area contributed by atoms with E-state index in [4.69, 9.17) is 4.74 Å². The normalized spacial score (nSPS) is 15.4. The fraction of sp³-hybridized carbons (Fsp3) is 0.632. The first-order chi connectivity index (χ1) is 14.0. The van der Waals surface area contributed by atoms with Gasteiger partial charge < -0.3 is 19.9 Å². The quantitative estimate of drug-likeness (QED) is 0.653. The van der Waals surface area contributed by atoms with E-state index in [2.05, 4.69) is 20.3 Å². The number of hydrogen-bond acceptors (Lipinski definition) is 6. The monoisotopic (exact) mass is 420 g/mol. The summed E-state index contributed by atoms with van der Waals surface area (Å²) >= 11 is 0. The molecule has 1 fully saturated rings. The van der Waals surface area contributed by atoms with Crippen molar-refractivity contribution in [3.05, 3.63) is 26.7 Å². The van der Waals surface area contributed by atoms with Crippen molar-refractivity contribution < 1.29 is 14.3 Å². The van der Waals surface area contributed by atoms with Gasteiger partial charge in [0.2, 0.25) is 5.91 Å². The molecule has 3 heterocycles. The van der Waals surface area contributed by atoms with Crippen molar-refractivity contribution in [3.63, 3.8) is 0 Å². The molecule has 1 saturated heterocycles. The number of aromatic amines is 2. The second-order valence-corrected chi connectivity index (χ2v) is 8.51. The molecule has 0 spiro atoms. The number of aromatic nitrogens is 4. The summed E-state index contributed by atoms with van der Waals surface area (Å²) in [5, 5.41) is 2.98. The standard InChI is InChI=1S/C19H28N6O5/c1-19(2,3)30-18(29)25-9-7-11(8-10-25)20-13(26)6-5-12-21-14-15(22-12)24(4)17(28)23-16(14)27/h11H,5-10H2,1-4H3,(H,20,26)(H,21,22)(H,23,27,28). The number of carbonyl (C=O) groups is 2. The highest BCUT2D eigenvalue weighted by Crippen LogP contribution is 2.15. The highest BCUT2D eigenvalue weighted by molar-refractivity contribution is 5.77. The fourth-order valence-corrected chi connectivity index (χ4v) is 3.34. The molecule has 0 bridgehead atoms. The van der Waals surface area contributed by atoms with Crippen LogP contribution in [0.15, 0.2) is 9.59 Å². The molecule has 1 aliphatic heterocycles. The maximum absolute atomic E-state index is 12.3. The summed E-state index contributed by atoms with van der Waals surface area (Å²) in [4.78, 5) is 58.9. The minimum Gasteiger partial charge on any atom is -0.444 e. The zero-order valence-corrected chi connectivity index (χ0v) is 17.7. The summed E-state index contributed by atoms with van der Waals surface area (Å²) in [6, 6.07) is -0.00414. The molecule has 2 aromatic heterocycles. The molecular weight excluding hydrogens is 392 g/mol. The van der Waals surface area contributed by atoms with Crippen LogP contribution in [-0.2, 0) is 23.0 Å². The van der Waals surface area contributed by atoms with Crippen molar-refractivity contribution in [2.45, 2.75) is 58.1 Å². The van der Waals surface area contributed by atoms with E-state index in [9.17, 15) is 19.2 Å². The lowest BCUT2D eigenvalue weighted by molar-refractivity contribution is -0.122. The van der Waals surface area contributed by atoms with Crippen molar-refractivity contribution >= 4 is 23.2 Å². The van der Waals surface area contributed by atoms with E-state index in [0.29, 0.717) is 38.2 Å². The van der Waals surface area contributed by atoms with E-state index in [1.165, 1.54) is 11.6 Å². The predicted molar refractivity (Wildman–Crippen MR) is 109 cm³/mol. The van der Waals surface area contributed by atoms with Crippen LogP contribution in [0.25, 0.3) is 11.2 Å². The van der Waals surface area contributed by atoms with Gasteiger partial charge in [-0.25, -0.2) is 14.6 Å². The van der Waals surface area contributed by atoms with Crippen LogP contribution in [0.1, 0.15) is 45.9 Å². The molecule has 0 saturated carbocycles. The Bertz CT molecular complexity index is 1050. The van der Waals surface area contributed by atoms with Crippen LogP contribution in [0.2, 0.25) is 0 Å². The van der Waals surface area contributed by atoms with E-state index in [-0.39, 0.29) is 35.6 Å². The van der Waals surface area contributed by atoms with E-state index >= 15 is 0 Å². The number of amides is 2. The molecule has 0 atom stereocenters. The lowest BCUT2D eigenvalue weighted by atomic mass is 10.1. The van der Waals surface area contributed by atoms with Gasteiger partial charge >= 0.3 is 11.8 Å². The first-order valence-electron chi connectivity index (χ1n) is 9.98. The van der Waals surface area contributed by atoms with Crippen LogP contribution >= 0.6 is 0 Å². The van der Waals surface area contributed by atoms with E-state index < -0.39 is 16.9 Å². The molecular formula is C19H28N6O5. The second kappa shape index (κ2) is 8.33. The summed E-state index contributed by atoms with van der Waals surface area (Å²) in [7, 11) is 1.52. The third kappa shape index (κ3) is 5.08. The van der Waals surface area contributed by atoms with Gasteiger partial charge in [0.25, 0.3) is 5.56 Å². The smallest absolute Gasteiger partial charge is 0.410 e. The average molecular weight is 420 g/mol. The van der Waals surface area contributed by atoms with Gasteiger partial charge in [0.1, 0.15) is 16.9 Å². The molecule has 2 amide bonds. The second-order valence-electron chi connectivity index (χ2n) is 8.51.